The van der Waals surface area contributed by atoms with Gasteiger partial charge in [0.2, 0.25) is 0 Å². The predicted octanol–water partition coefficient (Wildman–Crippen LogP) is 4.30. The molecule has 0 aliphatic carbocycles. The molecule has 1 aromatic carbocycles. The van der Waals surface area contributed by atoms with Crippen LogP contribution in [0, 0.1) is 6.26 Å². The number of rotatable bonds is 2. The first-order chi connectivity index (χ1) is 9.19. The minimum Gasteiger partial charge on any atom is -0.410 e. The molecule has 0 fully saturated rings. The molecule has 2 rings (SSSR count). The maximum absolute atomic E-state index is 12.7. The molecule has 0 N–H and O–H groups in total. The summed E-state index contributed by atoms with van der Waals surface area (Å²) >= 11 is 0. The Morgan fingerprint density at radius 1 is 1.00 bits per heavy atom. The lowest BCUT2D eigenvalue weighted by Gasteiger charge is -2.17. The highest BCUT2D eigenvalue weighted by molar-refractivity contribution is 5.45. The number of nitrogens with zero attached hydrogens (tertiary/aromatic N) is 1. The van der Waals surface area contributed by atoms with E-state index < -0.39 is 35.3 Å². The molecule has 0 aliphatic heterocycles. The highest BCUT2D eigenvalue weighted by atomic mass is 19.4. The average Bonchev–Trinajstić information content (AvgIpc) is 2.79. The van der Waals surface area contributed by atoms with Gasteiger partial charge < -0.3 is 9.15 Å². The van der Waals surface area contributed by atoms with Crippen LogP contribution in [0.5, 0.6) is 11.8 Å². The zero-order valence-electron chi connectivity index (χ0n) is 9.34. The molecule has 20 heavy (non-hydrogen) atoms. The second-order valence-electron chi connectivity index (χ2n) is 3.52. The van der Waals surface area contributed by atoms with Crippen molar-refractivity contribution in [3.8, 4) is 11.8 Å². The van der Waals surface area contributed by atoms with Crippen LogP contribution >= 0.6 is 0 Å². The number of alkyl halides is 6. The molecular weight excluding hydrogens is 292 g/mol. The molecule has 107 valence electrons. The topological polar surface area (TPSA) is 35.3 Å². The Bertz CT molecular complexity index is 556. The summed E-state index contributed by atoms with van der Waals surface area (Å²) in [4.78, 5) is 3.28. The summed E-state index contributed by atoms with van der Waals surface area (Å²) in [6, 6.07) is 1.58. The largest absolute Gasteiger partial charge is 0.420 e. The van der Waals surface area contributed by atoms with Crippen LogP contribution in [0.25, 0.3) is 0 Å². The van der Waals surface area contributed by atoms with E-state index in [2.05, 4.69) is 14.1 Å². The van der Waals surface area contributed by atoms with Gasteiger partial charge in [-0.05, 0) is 12.1 Å². The second kappa shape index (κ2) is 4.73. The van der Waals surface area contributed by atoms with Crippen LogP contribution in [0.2, 0.25) is 0 Å². The zero-order chi connectivity index (χ0) is 15.0. The number of halogens is 6. The normalized spacial score (nSPS) is 12.5. The summed E-state index contributed by atoms with van der Waals surface area (Å²) in [5.41, 5.74) is -3.16. The van der Waals surface area contributed by atoms with Crippen LogP contribution in [-0.2, 0) is 12.4 Å². The van der Waals surface area contributed by atoms with Crippen LogP contribution in [0.1, 0.15) is 11.1 Å². The lowest BCUT2D eigenvalue weighted by molar-refractivity contribution is -0.145. The molecule has 0 aliphatic rings. The summed E-state index contributed by atoms with van der Waals surface area (Å²) in [7, 11) is 0. The zero-order valence-corrected chi connectivity index (χ0v) is 9.34. The number of hydrogen-bond donors (Lipinski definition) is 0. The smallest absolute Gasteiger partial charge is 0.410 e. The van der Waals surface area contributed by atoms with Crippen molar-refractivity contribution in [3.63, 3.8) is 0 Å². The van der Waals surface area contributed by atoms with Gasteiger partial charge in [0.1, 0.15) is 0 Å². The van der Waals surface area contributed by atoms with Crippen molar-refractivity contribution in [2.75, 3.05) is 0 Å². The van der Waals surface area contributed by atoms with Crippen LogP contribution < -0.4 is 4.74 Å². The Labute approximate surface area is 107 Å². The van der Waals surface area contributed by atoms with Crippen LogP contribution in [0.3, 0.4) is 0 Å². The summed E-state index contributed by atoms with van der Waals surface area (Å²) in [5.74, 6) is -1.41. The lowest BCUT2D eigenvalue weighted by Crippen LogP contribution is -2.13. The minimum atomic E-state index is -5.02. The van der Waals surface area contributed by atoms with Gasteiger partial charge in [-0.2, -0.15) is 31.3 Å². The average molecular weight is 296 g/mol. The molecule has 1 heterocycles. The van der Waals surface area contributed by atoms with E-state index in [-0.39, 0.29) is 0 Å². The van der Waals surface area contributed by atoms with E-state index in [0.717, 1.165) is 6.20 Å². The van der Waals surface area contributed by atoms with Crippen LogP contribution in [-0.4, -0.2) is 4.98 Å². The van der Waals surface area contributed by atoms with E-state index in [0.29, 0.717) is 18.2 Å². The van der Waals surface area contributed by atoms with Gasteiger partial charge in [0.25, 0.3) is 0 Å². The van der Waals surface area contributed by atoms with Crippen molar-refractivity contribution in [2.24, 2.45) is 0 Å². The number of oxazole rings is 1. The molecule has 2 aromatic rings. The molecule has 3 nitrogen and oxygen atoms in total. The van der Waals surface area contributed by atoms with Crippen molar-refractivity contribution in [3.05, 3.63) is 41.8 Å². The van der Waals surface area contributed by atoms with Crippen molar-refractivity contribution in [1.82, 2.24) is 4.98 Å². The van der Waals surface area contributed by atoms with Gasteiger partial charge in [-0.15, -0.1) is 0 Å². The Kier molecular flexibility index (Phi) is 3.36. The minimum absolute atomic E-state index is 0.469. The van der Waals surface area contributed by atoms with E-state index in [1.54, 1.807) is 0 Å². The monoisotopic (exact) mass is 296 g/mol. The molecule has 0 unspecified atom stereocenters. The second-order valence-corrected chi connectivity index (χ2v) is 3.52. The van der Waals surface area contributed by atoms with Crippen LogP contribution in [0.15, 0.2) is 28.8 Å². The van der Waals surface area contributed by atoms with Gasteiger partial charge in [-0.1, -0.05) is 6.07 Å². The highest BCUT2D eigenvalue weighted by Crippen LogP contribution is 2.45. The fraction of sp³-hybridized carbons (Fsp3) is 0.182. The third kappa shape index (κ3) is 2.86. The van der Waals surface area contributed by atoms with Gasteiger partial charge in [0, 0.05) is 0 Å². The van der Waals surface area contributed by atoms with E-state index in [9.17, 15) is 26.3 Å². The van der Waals surface area contributed by atoms with Gasteiger partial charge >= 0.3 is 18.4 Å². The Hall–Kier alpha value is -2.19. The maximum Gasteiger partial charge on any atom is 0.420 e. The summed E-state index contributed by atoms with van der Waals surface area (Å²) in [6.45, 7) is 0. The van der Waals surface area contributed by atoms with E-state index in [1.807, 2.05) is 6.26 Å². The van der Waals surface area contributed by atoms with Gasteiger partial charge in [0.15, 0.2) is 12.0 Å². The molecule has 0 amide bonds. The first-order valence-electron chi connectivity index (χ1n) is 4.96. The molecule has 0 atom stereocenters. The first kappa shape index (κ1) is 14.2. The lowest BCUT2D eigenvalue weighted by atomic mass is 10.1. The Morgan fingerprint density at radius 3 is 1.95 bits per heavy atom. The van der Waals surface area contributed by atoms with Crippen molar-refractivity contribution >= 4 is 0 Å². The van der Waals surface area contributed by atoms with Crippen molar-refractivity contribution in [2.45, 2.75) is 12.4 Å². The molecule has 0 saturated heterocycles. The fourth-order valence-corrected chi connectivity index (χ4v) is 1.41. The number of ether oxygens (including phenoxy) is 1. The number of hydrogen-bond acceptors (Lipinski definition) is 3. The van der Waals surface area contributed by atoms with Crippen molar-refractivity contribution in [1.29, 1.82) is 0 Å². The van der Waals surface area contributed by atoms with Gasteiger partial charge in [0.05, 0.1) is 17.3 Å². The molecule has 0 bridgehead atoms. The van der Waals surface area contributed by atoms with Gasteiger partial charge in [-0.3, -0.25) is 0 Å². The fourth-order valence-electron chi connectivity index (χ4n) is 1.41. The van der Waals surface area contributed by atoms with Crippen molar-refractivity contribution < 1.29 is 35.5 Å². The van der Waals surface area contributed by atoms with E-state index >= 15 is 0 Å². The summed E-state index contributed by atoms with van der Waals surface area (Å²) in [5, 5.41) is 0. The maximum atomic E-state index is 12.7. The molecule has 9 heteroatoms. The van der Waals surface area contributed by atoms with Gasteiger partial charge in [-0.25, -0.2) is 0 Å². The third-order valence-corrected chi connectivity index (χ3v) is 2.18. The Morgan fingerprint density at radius 2 is 1.55 bits per heavy atom. The first-order valence-corrected chi connectivity index (χ1v) is 4.96. The molecule has 0 spiro atoms. The van der Waals surface area contributed by atoms with E-state index in [4.69, 9.17) is 0 Å². The predicted molar refractivity (Wildman–Crippen MR) is 51.9 cm³/mol. The Balaban J connectivity index is 2.59. The molecule has 1 aromatic heterocycles. The number of benzene rings is 1. The number of aromatic nitrogens is 1. The summed E-state index contributed by atoms with van der Waals surface area (Å²) < 4.78 is 85.3. The summed E-state index contributed by atoms with van der Waals surface area (Å²) in [6.07, 6.45) is -7.92. The number of para-hydroxylation sites is 1. The highest BCUT2D eigenvalue weighted by Gasteiger charge is 2.42. The van der Waals surface area contributed by atoms with E-state index in [1.165, 1.54) is 0 Å². The molecule has 0 saturated carbocycles. The SMILES string of the molecule is FC(F)(F)c1cccc(C(F)(F)F)c1Oc1nc[c]o1. The molecule has 1 radical (unpaired) electrons. The molecular formula is C11H4F6NO2. The third-order valence-electron chi connectivity index (χ3n) is 2.18. The standard InChI is InChI=1S/C11H4F6NO2/c12-10(13,14)6-2-1-3-7(11(15,16)17)8(6)20-9-18-4-5-19-9/h1-4H. The quantitative estimate of drug-likeness (QED) is 0.775. The van der Waals surface area contributed by atoms with Crippen LogP contribution in [0.4, 0.5) is 26.3 Å².